The highest BCUT2D eigenvalue weighted by atomic mass is 32.2. The van der Waals surface area contributed by atoms with Crippen LogP contribution in [0.4, 0.5) is 4.79 Å². The van der Waals surface area contributed by atoms with Gasteiger partial charge in [-0.25, -0.2) is 9.59 Å². The highest BCUT2D eigenvalue weighted by Gasteiger charge is 2.29. The van der Waals surface area contributed by atoms with Crippen LogP contribution < -0.4 is 10.6 Å². The summed E-state index contributed by atoms with van der Waals surface area (Å²) in [5.74, 6) is 0.993. The van der Waals surface area contributed by atoms with Crippen LogP contribution in [0.1, 0.15) is 34.1 Å². The summed E-state index contributed by atoms with van der Waals surface area (Å²) in [5.41, 5.74) is -1.25. The second kappa shape index (κ2) is 7.42. The van der Waals surface area contributed by atoms with Crippen LogP contribution in [0.3, 0.4) is 0 Å². The van der Waals surface area contributed by atoms with Crippen LogP contribution in [0.5, 0.6) is 0 Å². The minimum absolute atomic E-state index is 0.0404. The standard InChI is InChI=1S/C11H22N2O3S/c1-5-17-7-6-8(2)12-10(16)13-11(3,4)9(14)15/h8H,5-7H2,1-4H3,(H,14,15)(H2,12,13,16). The molecule has 0 aliphatic carbocycles. The highest BCUT2D eigenvalue weighted by Crippen LogP contribution is 2.05. The van der Waals surface area contributed by atoms with E-state index in [1.54, 1.807) is 0 Å². The van der Waals surface area contributed by atoms with E-state index in [0.717, 1.165) is 17.9 Å². The van der Waals surface area contributed by atoms with Crippen molar-refractivity contribution in [2.45, 2.75) is 45.7 Å². The molecule has 2 amide bonds. The largest absolute Gasteiger partial charge is 0.480 e. The van der Waals surface area contributed by atoms with Crippen molar-refractivity contribution in [3.8, 4) is 0 Å². The van der Waals surface area contributed by atoms with Gasteiger partial charge in [-0.1, -0.05) is 6.92 Å². The Balaban J connectivity index is 3.97. The van der Waals surface area contributed by atoms with E-state index < -0.39 is 17.5 Å². The third-order valence-corrected chi connectivity index (χ3v) is 3.17. The molecule has 100 valence electrons. The normalized spacial score (nSPS) is 12.9. The number of amides is 2. The van der Waals surface area contributed by atoms with Crippen molar-refractivity contribution in [2.75, 3.05) is 11.5 Å². The number of hydrogen-bond acceptors (Lipinski definition) is 3. The van der Waals surface area contributed by atoms with E-state index in [0.29, 0.717) is 0 Å². The molecule has 0 saturated carbocycles. The first-order valence-electron chi connectivity index (χ1n) is 5.69. The maximum absolute atomic E-state index is 11.5. The van der Waals surface area contributed by atoms with Crippen LogP contribution in [0.2, 0.25) is 0 Å². The van der Waals surface area contributed by atoms with Gasteiger partial charge < -0.3 is 15.7 Å². The first-order chi connectivity index (χ1) is 7.79. The summed E-state index contributed by atoms with van der Waals surface area (Å²) in [5, 5.41) is 14.0. The summed E-state index contributed by atoms with van der Waals surface area (Å²) in [7, 11) is 0. The van der Waals surface area contributed by atoms with E-state index in [1.165, 1.54) is 13.8 Å². The number of carbonyl (C=O) groups excluding carboxylic acids is 1. The predicted molar refractivity (Wildman–Crippen MR) is 70.5 cm³/mol. The summed E-state index contributed by atoms with van der Waals surface area (Å²) >= 11 is 1.82. The molecule has 0 aliphatic rings. The number of thioether (sulfide) groups is 1. The fourth-order valence-corrected chi connectivity index (χ4v) is 1.88. The lowest BCUT2D eigenvalue weighted by molar-refractivity contribution is -0.142. The van der Waals surface area contributed by atoms with Crippen LogP contribution in [0, 0.1) is 0 Å². The maximum Gasteiger partial charge on any atom is 0.328 e. The lowest BCUT2D eigenvalue weighted by Crippen LogP contribution is -2.54. The highest BCUT2D eigenvalue weighted by molar-refractivity contribution is 7.99. The predicted octanol–water partition coefficient (Wildman–Crippen LogP) is 1.68. The summed E-state index contributed by atoms with van der Waals surface area (Å²) in [6, 6.07) is -0.398. The number of carboxylic acids is 1. The van der Waals surface area contributed by atoms with Gasteiger partial charge in [-0.2, -0.15) is 11.8 Å². The Morgan fingerprint density at radius 1 is 1.41 bits per heavy atom. The zero-order chi connectivity index (χ0) is 13.5. The lowest BCUT2D eigenvalue weighted by atomic mass is 10.1. The van der Waals surface area contributed by atoms with Gasteiger partial charge in [0, 0.05) is 6.04 Å². The van der Waals surface area contributed by atoms with Gasteiger partial charge >= 0.3 is 12.0 Å². The number of carboxylic acid groups (broad SMARTS) is 1. The van der Waals surface area contributed by atoms with Gasteiger partial charge in [0.25, 0.3) is 0 Å². The SMILES string of the molecule is CCSCCC(C)NC(=O)NC(C)(C)C(=O)O. The molecule has 0 aromatic heterocycles. The molecule has 5 nitrogen and oxygen atoms in total. The van der Waals surface area contributed by atoms with Crippen molar-refractivity contribution in [1.29, 1.82) is 0 Å². The van der Waals surface area contributed by atoms with Gasteiger partial charge in [0.15, 0.2) is 0 Å². The zero-order valence-corrected chi connectivity index (χ0v) is 11.7. The molecule has 3 N–H and O–H groups in total. The van der Waals surface area contributed by atoms with Crippen LogP contribution in [0.15, 0.2) is 0 Å². The van der Waals surface area contributed by atoms with E-state index in [4.69, 9.17) is 5.11 Å². The van der Waals surface area contributed by atoms with Gasteiger partial charge in [-0.3, -0.25) is 0 Å². The van der Waals surface area contributed by atoms with E-state index in [-0.39, 0.29) is 6.04 Å². The fourth-order valence-electron chi connectivity index (χ4n) is 1.07. The van der Waals surface area contributed by atoms with E-state index >= 15 is 0 Å². The van der Waals surface area contributed by atoms with E-state index in [2.05, 4.69) is 17.6 Å². The fraction of sp³-hybridized carbons (Fsp3) is 0.818. The molecule has 0 heterocycles. The van der Waals surface area contributed by atoms with Gasteiger partial charge in [0.1, 0.15) is 5.54 Å². The van der Waals surface area contributed by atoms with Crippen molar-refractivity contribution < 1.29 is 14.7 Å². The molecule has 1 atom stereocenters. The Morgan fingerprint density at radius 3 is 2.47 bits per heavy atom. The van der Waals surface area contributed by atoms with Gasteiger partial charge in [-0.15, -0.1) is 0 Å². The summed E-state index contributed by atoms with van der Waals surface area (Å²) in [6.07, 6.45) is 0.874. The molecule has 6 heteroatoms. The zero-order valence-electron chi connectivity index (χ0n) is 10.9. The first-order valence-corrected chi connectivity index (χ1v) is 6.85. The Labute approximate surface area is 107 Å². The maximum atomic E-state index is 11.5. The van der Waals surface area contributed by atoms with Crippen LogP contribution in [0.25, 0.3) is 0 Å². The molecular weight excluding hydrogens is 240 g/mol. The molecule has 1 unspecified atom stereocenters. The molecule has 0 bridgehead atoms. The number of rotatable bonds is 7. The molecule has 0 radical (unpaired) electrons. The van der Waals surface area contributed by atoms with Crippen molar-refractivity contribution >= 4 is 23.8 Å². The first kappa shape index (κ1) is 16.1. The van der Waals surface area contributed by atoms with E-state index in [1.807, 2.05) is 18.7 Å². The van der Waals surface area contributed by atoms with Gasteiger partial charge in [0.2, 0.25) is 0 Å². The van der Waals surface area contributed by atoms with Crippen molar-refractivity contribution in [3.05, 3.63) is 0 Å². The molecule has 0 aromatic carbocycles. The minimum Gasteiger partial charge on any atom is -0.480 e. The second-order valence-electron chi connectivity index (χ2n) is 4.42. The average molecular weight is 262 g/mol. The number of carbonyl (C=O) groups is 2. The van der Waals surface area contributed by atoms with Gasteiger partial charge in [-0.05, 0) is 38.7 Å². The number of hydrogen-bond donors (Lipinski definition) is 3. The molecule has 0 aliphatic heterocycles. The Morgan fingerprint density at radius 2 is 2.00 bits per heavy atom. The number of urea groups is 1. The van der Waals surface area contributed by atoms with Crippen LogP contribution in [-0.2, 0) is 4.79 Å². The van der Waals surface area contributed by atoms with Crippen LogP contribution in [-0.4, -0.2) is 40.2 Å². The monoisotopic (exact) mass is 262 g/mol. The quantitative estimate of drug-likeness (QED) is 0.610. The Kier molecular flexibility index (Phi) is 7.03. The van der Waals surface area contributed by atoms with Crippen LogP contribution >= 0.6 is 11.8 Å². The average Bonchev–Trinajstić information content (AvgIpc) is 2.16. The minimum atomic E-state index is -1.25. The third-order valence-electron chi connectivity index (χ3n) is 2.24. The number of aliphatic carboxylic acids is 1. The van der Waals surface area contributed by atoms with Crippen molar-refractivity contribution in [2.24, 2.45) is 0 Å². The van der Waals surface area contributed by atoms with Gasteiger partial charge in [0.05, 0.1) is 0 Å². The Bertz CT molecular complexity index is 269. The molecule has 0 fully saturated rings. The smallest absolute Gasteiger partial charge is 0.328 e. The van der Waals surface area contributed by atoms with Crippen molar-refractivity contribution in [1.82, 2.24) is 10.6 Å². The molecule has 0 rings (SSSR count). The summed E-state index contributed by atoms with van der Waals surface area (Å²) in [4.78, 5) is 22.3. The molecule has 0 saturated heterocycles. The molecule has 0 aromatic rings. The second-order valence-corrected chi connectivity index (χ2v) is 5.81. The van der Waals surface area contributed by atoms with E-state index in [9.17, 15) is 9.59 Å². The summed E-state index contributed by atoms with van der Waals surface area (Å²) in [6.45, 7) is 6.90. The number of nitrogens with one attached hydrogen (secondary N) is 2. The third kappa shape index (κ3) is 7.10. The molecular formula is C11H22N2O3S. The lowest BCUT2D eigenvalue weighted by Gasteiger charge is -2.23. The molecule has 0 spiro atoms. The summed E-state index contributed by atoms with van der Waals surface area (Å²) < 4.78 is 0. The molecule has 17 heavy (non-hydrogen) atoms. The van der Waals surface area contributed by atoms with Crippen molar-refractivity contribution in [3.63, 3.8) is 0 Å². The topological polar surface area (TPSA) is 78.4 Å². The Hall–Kier alpha value is -0.910.